The van der Waals surface area contributed by atoms with E-state index in [1.807, 2.05) is 48.5 Å². The first-order valence-electron chi connectivity index (χ1n) is 21.2. The molecule has 0 aliphatic carbocycles. The van der Waals surface area contributed by atoms with Crippen molar-refractivity contribution in [2.45, 2.75) is 0 Å². The minimum Gasteiger partial charge on any atom is -0.456 e. The maximum absolute atomic E-state index is 6.36. The summed E-state index contributed by atoms with van der Waals surface area (Å²) in [6.45, 7) is 0. The summed E-state index contributed by atoms with van der Waals surface area (Å²) >= 11 is 0. The average Bonchev–Trinajstić information content (AvgIpc) is 4.02. The molecule has 13 aromatic rings. The van der Waals surface area contributed by atoms with E-state index in [0.29, 0.717) is 17.6 Å². The average molecular weight is 806 g/mol. The monoisotopic (exact) mass is 805 g/mol. The van der Waals surface area contributed by atoms with Gasteiger partial charge in [0.25, 0.3) is 0 Å². The zero-order valence-electron chi connectivity index (χ0n) is 33.9. The highest BCUT2D eigenvalue weighted by Gasteiger charge is 2.24. The first-order chi connectivity index (χ1) is 31.3. The van der Waals surface area contributed by atoms with Crippen LogP contribution in [0.3, 0.4) is 0 Å². The zero-order valence-corrected chi connectivity index (χ0v) is 33.9. The van der Waals surface area contributed by atoms with Crippen molar-refractivity contribution in [1.29, 1.82) is 0 Å². The lowest BCUT2D eigenvalue weighted by Crippen LogP contribution is -2.07. The Morgan fingerprint density at radius 1 is 0.317 bits per heavy atom. The molecule has 63 heavy (non-hydrogen) atoms. The molecule has 6 nitrogen and oxygen atoms in total. The lowest BCUT2D eigenvalue weighted by Gasteiger charge is -2.14. The van der Waals surface area contributed by atoms with Gasteiger partial charge in [-0.1, -0.05) is 176 Å². The van der Waals surface area contributed by atoms with Gasteiger partial charge in [0.1, 0.15) is 11.2 Å². The van der Waals surface area contributed by atoms with Crippen molar-refractivity contribution in [2.75, 3.05) is 0 Å². The predicted molar refractivity (Wildman–Crippen MR) is 258 cm³/mol. The number of furan rings is 1. The molecule has 0 atom stereocenters. The molecule has 0 N–H and O–H groups in total. The van der Waals surface area contributed by atoms with E-state index in [0.717, 1.165) is 82.5 Å². The third-order valence-electron chi connectivity index (χ3n) is 12.4. The van der Waals surface area contributed by atoms with Crippen LogP contribution in [-0.4, -0.2) is 24.1 Å². The molecule has 0 amide bonds. The van der Waals surface area contributed by atoms with Crippen molar-refractivity contribution in [3.63, 3.8) is 0 Å². The molecule has 4 heterocycles. The quantitative estimate of drug-likeness (QED) is 0.168. The van der Waals surface area contributed by atoms with E-state index in [1.54, 1.807) is 0 Å². The molecule has 0 fully saturated rings. The highest BCUT2D eigenvalue weighted by Crippen LogP contribution is 2.43. The van der Waals surface area contributed by atoms with Crippen LogP contribution in [0.15, 0.2) is 217 Å². The second-order valence-electron chi connectivity index (χ2n) is 15.9. The Kier molecular flexibility index (Phi) is 7.80. The fourth-order valence-electron chi connectivity index (χ4n) is 9.63. The van der Waals surface area contributed by atoms with Crippen molar-refractivity contribution in [2.24, 2.45) is 0 Å². The smallest absolute Gasteiger partial charge is 0.238 e. The second kappa shape index (κ2) is 14.0. The normalized spacial score (nSPS) is 11.8. The van der Waals surface area contributed by atoms with Crippen LogP contribution < -0.4 is 0 Å². The van der Waals surface area contributed by atoms with E-state index in [2.05, 4.69) is 173 Å². The van der Waals surface area contributed by atoms with Crippen molar-refractivity contribution in [3.05, 3.63) is 212 Å². The molecule has 6 heteroatoms. The third kappa shape index (κ3) is 5.48. The van der Waals surface area contributed by atoms with Crippen molar-refractivity contribution < 1.29 is 4.42 Å². The molecule has 0 spiro atoms. The Morgan fingerprint density at radius 2 is 0.825 bits per heavy atom. The highest BCUT2D eigenvalue weighted by atomic mass is 16.3. The number of rotatable bonds is 6. The molecule has 0 saturated heterocycles. The molecule has 0 radical (unpaired) electrons. The second-order valence-corrected chi connectivity index (χ2v) is 15.9. The Bertz CT molecular complexity index is 3900. The Hall–Kier alpha value is -8.61. The van der Waals surface area contributed by atoms with E-state index in [9.17, 15) is 0 Å². The molecular weight excluding hydrogens is 771 g/mol. The molecule has 0 unspecified atom stereocenters. The minimum absolute atomic E-state index is 0.534. The van der Waals surface area contributed by atoms with Crippen LogP contribution in [0.4, 0.5) is 0 Å². The molecule has 0 aliphatic heterocycles. The maximum atomic E-state index is 6.36. The van der Waals surface area contributed by atoms with Crippen LogP contribution in [0, 0.1) is 0 Å². The Morgan fingerprint density at radius 3 is 1.52 bits per heavy atom. The predicted octanol–water partition coefficient (Wildman–Crippen LogP) is 14.6. The fourth-order valence-corrected chi connectivity index (χ4v) is 9.63. The van der Waals surface area contributed by atoms with Gasteiger partial charge in [-0.2, -0.15) is 9.97 Å². The Labute approximate surface area is 361 Å². The first kappa shape index (κ1) is 35.2. The zero-order chi connectivity index (χ0) is 41.4. The van der Waals surface area contributed by atoms with E-state index < -0.39 is 0 Å². The lowest BCUT2D eigenvalue weighted by molar-refractivity contribution is 0.669. The fraction of sp³-hybridized carbons (Fsp3) is 0. The van der Waals surface area contributed by atoms with E-state index in [-0.39, 0.29) is 0 Å². The summed E-state index contributed by atoms with van der Waals surface area (Å²) in [4.78, 5) is 16.0. The van der Waals surface area contributed by atoms with Crippen molar-refractivity contribution in [3.8, 4) is 56.7 Å². The number of hydrogen-bond donors (Lipinski definition) is 0. The SMILES string of the molecule is c1ccc(-c2nc(-c3cccc4oc5ccccc5c34)nc(-n3c4ccccc4c4ccc5c6ccccc6n(-c6ccc(-c7ccccc7-c7ccccc7)cc6)c5c43)n2)cc1. The summed E-state index contributed by atoms with van der Waals surface area (Å²) in [6, 6.07) is 74.5. The largest absolute Gasteiger partial charge is 0.456 e. The molecule has 294 valence electrons. The van der Waals surface area contributed by atoms with Gasteiger partial charge in [-0.05, 0) is 58.7 Å². The lowest BCUT2D eigenvalue weighted by atomic mass is 9.94. The van der Waals surface area contributed by atoms with Crippen LogP contribution in [0.5, 0.6) is 0 Å². The number of fused-ring (bicyclic) bond motifs is 10. The van der Waals surface area contributed by atoms with E-state index in [4.69, 9.17) is 19.4 Å². The summed E-state index contributed by atoms with van der Waals surface area (Å²) in [5, 5.41) is 6.54. The van der Waals surface area contributed by atoms with Crippen molar-refractivity contribution >= 4 is 65.6 Å². The summed E-state index contributed by atoms with van der Waals surface area (Å²) in [5.74, 6) is 1.69. The molecule has 0 saturated carbocycles. The van der Waals surface area contributed by atoms with Crippen LogP contribution in [0.1, 0.15) is 0 Å². The van der Waals surface area contributed by atoms with Crippen molar-refractivity contribution in [1.82, 2.24) is 24.1 Å². The summed E-state index contributed by atoms with van der Waals surface area (Å²) < 4.78 is 11.0. The molecule has 13 rings (SSSR count). The van der Waals surface area contributed by atoms with Gasteiger partial charge in [0.05, 0.1) is 22.1 Å². The van der Waals surface area contributed by atoms with Crippen LogP contribution >= 0.6 is 0 Å². The van der Waals surface area contributed by atoms with Gasteiger partial charge in [-0.25, -0.2) is 4.98 Å². The van der Waals surface area contributed by atoms with Gasteiger partial charge in [-0.3, -0.25) is 4.57 Å². The van der Waals surface area contributed by atoms with E-state index in [1.165, 1.54) is 22.1 Å². The van der Waals surface area contributed by atoms with E-state index >= 15 is 0 Å². The Balaban J connectivity index is 1.10. The van der Waals surface area contributed by atoms with Gasteiger partial charge < -0.3 is 8.98 Å². The van der Waals surface area contributed by atoms with Gasteiger partial charge in [0.15, 0.2) is 11.6 Å². The van der Waals surface area contributed by atoms with Gasteiger partial charge in [0, 0.05) is 49.1 Å². The van der Waals surface area contributed by atoms with Gasteiger partial charge in [0.2, 0.25) is 5.95 Å². The number of hydrogen-bond acceptors (Lipinski definition) is 4. The van der Waals surface area contributed by atoms with Crippen LogP contribution in [0.2, 0.25) is 0 Å². The summed E-state index contributed by atoms with van der Waals surface area (Å²) in [7, 11) is 0. The summed E-state index contributed by atoms with van der Waals surface area (Å²) in [5.41, 5.74) is 13.4. The number of para-hydroxylation sites is 3. The standard InChI is InChI=1S/C57H35N5O/c1-3-16-36(17-4-1)40-20-7-8-21-41(40)37-30-32-39(33-31-37)61-48-26-12-9-22-42(48)44-34-35-45-43-23-10-13-27-49(43)62(54(45)53(44)61)57-59-55(38-18-5-2-6-19-38)58-56(60-57)47-25-15-29-51-52(47)46-24-11-14-28-50(46)63-51/h1-35H. The molecular formula is C57H35N5O. The highest BCUT2D eigenvalue weighted by molar-refractivity contribution is 6.23. The molecule has 4 aromatic heterocycles. The number of aromatic nitrogens is 5. The number of nitrogens with zero attached hydrogens (tertiary/aromatic N) is 5. The topological polar surface area (TPSA) is 61.7 Å². The van der Waals surface area contributed by atoms with Crippen LogP contribution in [0.25, 0.3) is 122 Å². The number of benzene rings is 9. The maximum Gasteiger partial charge on any atom is 0.238 e. The van der Waals surface area contributed by atoms with Crippen LogP contribution in [-0.2, 0) is 0 Å². The molecule has 0 bridgehead atoms. The summed E-state index contributed by atoms with van der Waals surface area (Å²) in [6.07, 6.45) is 0. The molecule has 0 aliphatic rings. The molecule has 9 aromatic carbocycles. The minimum atomic E-state index is 0.534. The van der Waals surface area contributed by atoms with Gasteiger partial charge >= 0.3 is 0 Å². The first-order valence-corrected chi connectivity index (χ1v) is 21.2. The van der Waals surface area contributed by atoms with Gasteiger partial charge in [-0.15, -0.1) is 0 Å². The third-order valence-corrected chi connectivity index (χ3v) is 12.4.